The number of nitrogens with zero attached hydrogens (tertiary/aromatic N) is 1. The van der Waals surface area contributed by atoms with Gasteiger partial charge in [0.25, 0.3) is 0 Å². The van der Waals surface area contributed by atoms with E-state index in [0.717, 1.165) is 16.3 Å². The molecule has 0 aliphatic rings. The summed E-state index contributed by atoms with van der Waals surface area (Å²) in [6.45, 7) is 0. The first-order chi connectivity index (χ1) is 9.75. The molecule has 20 heavy (non-hydrogen) atoms. The normalized spacial score (nSPS) is 12.2. The predicted octanol–water partition coefficient (Wildman–Crippen LogP) is 3.45. The number of pyridine rings is 1. The van der Waals surface area contributed by atoms with Crippen molar-refractivity contribution in [2.45, 2.75) is 5.92 Å². The fourth-order valence-electron chi connectivity index (χ4n) is 2.37. The second-order valence-corrected chi connectivity index (χ2v) is 4.63. The minimum absolute atomic E-state index is 0.551. The fourth-order valence-corrected chi connectivity index (χ4v) is 2.37. The summed E-state index contributed by atoms with van der Waals surface area (Å²) in [5.41, 5.74) is 1.30. The molecule has 3 aromatic rings. The van der Waals surface area contributed by atoms with Gasteiger partial charge in [0, 0.05) is 6.20 Å². The average Bonchev–Trinajstić information content (AvgIpc) is 2.48. The van der Waals surface area contributed by atoms with E-state index in [0.29, 0.717) is 5.69 Å². The van der Waals surface area contributed by atoms with Crippen LogP contribution in [0.1, 0.15) is 17.2 Å². The maximum absolute atomic E-state index is 11.6. The van der Waals surface area contributed by atoms with Crippen LogP contribution in [0, 0.1) is 0 Å². The van der Waals surface area contributed by atoms with Crippen LogP contribution in [-0.2, 0) is 4.79 Å². The van der Waals surface area contributed by atoms with Crippen LogP contribution in [-0.4, -0.2) is 16.1 Å². The summed E-state index contributed by atoms with van der Waals surface area (Å²) in [5.74, 6) is -1.63. The quantitative estimate of drug-likeness (QED) is 0.787. The number of fused-ring (bicyclic) bond motifs is 1. The standard InChI is InChI=1S/C17H13NO2/c19-17(20)16(15-7-3-4-10-18-15)14-9-8-12-5-1-2-6-13(12)11-14/h1-11,16H,(H,19,20). The lowest BCUT2D eigenvalue weighted by Crippen LogP contribution is -2.14. The summed E-state index contributed by atoms with van der Waals surface area (Å²) in [5, 5.41) is 11.6. The third kappa shape index (κ3) is 2.26. The highest BCUT2D eigenvalue weighted by atomic mass is 16.4. The van der Waals surface area contributed by atoms with Crippen LogP contribution in [0.15, 0.2) is 66.9 Å². The van der Waals surface area contributed by atoms with Crippen LogP contribution in [0.2, 0.25) is 0 Å². The van der Waals surface area contributed by atoms with Crippen LogP contribution in [0.25, 0.3) is 10.8 Å². The maximum atomic E-state index is 11.6. The van der Waals surface area contributed by atoms with E-state index in [-0.39, 0.29) is 0 Å². The van der Waals surface area contributed by atoms with Crippen LogP contribution in [0.5, 0.6) is 0 Å². The van der Waals surface area contributed by atoms with Gasteiger partial charge in [0.15, 0.2) is 0 Å². The molecule has 3 rings (SSSR count). The van der Waals surface area contributed by atoms with Crippen molar-refractivity contribution in [3.8, 4) is 0 Å². The van der Waals surface area contributed by atoms with Gasteiger partial charge in [0.2, 0.25) is 0 Å². The zero-order chi connectivity index (χ0) is 13.9. The van der Waals surface area contributed by atoms with Crippen LogP contribution >= 0.6 is 0 Å². The number of hydrogen-bond acceptors (Lipinski definition) is 2. The molecule has 1 N–H and O–H groups in total. The molecule has 0 saturated carbocycles. The molecular formula is C17H13NO2. The fraction of sp³-hybridized carbons (Fsp3) is 0.0588. The van der Waals surface area contributed by atoms with Gasteiger partial charge in [-0.1, -0.05) is 42.5 Å². The number of aliphatic carboxylic acids is 1. The maximum Gasteiger partial charge on any atom is 0.317 e. The molecule has 1 aromatic heterocycles. The topological polar surface area (TPSA) is 50.2 Å². The van der Waals surface area contributed by atoms with Gasteiger partial charge >= 0.3 is 5.97 Å². The summed E-state index contributed by atoms with van der Waals surface area (Å²) in [6.07, 6.45) is 1.62. The molecule has 0 spiro atoms. The molecule has 0 aliphatic carbocycles. The second kappa shape index (κ2) is 5.13. The van der Waals surface area contributed by atoms with E-state index < -0.39 is 11.9 Å². The molecule has 2 aromatic carbocycles. The molecular weight excluding hydrogens is 250 g/mol. The lowest BCUT2D eigenvalue weighted by atomic mass is 9.93. The first kappa shape index (κ1) is 12.4. The van der Waals surface area contributed by atoms with Gasteiger partial charge in [-0.25, -0.2) is 0 Å². The Kier molecular flexibility index (Phi) is 3.17. The van der Waals surface area contributed by atoms with Crippen molar-refractivity contribution in [1.82, 2.24) is 4.98 Å². The molecule has 1 atom stereocenters. The van der Waals surface area contributed by atoms with E-state index >= 15 is 0 Å². The second-order valence-electron chi connectivity index (χ2n) is 4.63. The molecule has 3 nitrogen and oxygen atoms in total. The van der Waals surface area contributed by atoms with Gasteiger partial charge in [-0.05, 0) is 34.5 Å². The van der Waals surface area contributed by atoms with Crippen LogP contribution in [0.3, 0.4) is 0 Å². The summed E-state index contributed by atoms with van der Waals surface area (Å²) < 4.78 is 0. The predicted molar refractivity (Wildman–Crippen MR) is 77.7 cm³/mol. The monoisotopic (exact) mass is 263 g/mol. The molecule has 1 unspecified atom stereocenters. The largest absolute Gasteiger partial charge is 0.480 e. The SMILES string of the molecule is O=C(O)C(c1ccc2ccccc2c1)c1ccccn1. The van der Waals surface area contributed by atoms with Crippen molar-refractivity contribution in [2.24, 2.45) is 0 Å². The first-order valence-corrected chi connectivity index (χ1v) is 6.38. The van der Waals surface area contributed by atoms with E-state index in [9.17, 15) is 9.90 Å². The highest BCUT2D eigenvalue weighted by Crippen LogP contribution is 2.26. The Morgan fingerprint density at radius 1 is 0.950 bits per heavy atom. The van der Waals surface area contributed by atoms with Gasteiger partial charge in [-0.15, -0.1) is 0 Å². The van der Waals surface area contributed by atoms with Crippen molar-refractivity contribution >= 4 is 16.7 Å². The zero-order valence-electron chi connectivity index (χ0n) is 10.7. The smallest absolute Gasteiger partial charge is 0.317 e. The lowest BCUT2D eigenvalue weighted by Gasteiger charge is -2.13. The van der Waals surface area contributed by atoms with E-state index in [1.54, 1.807) is 24.4 Å². The van der Waals surface area contributed by atoms with Gasteiger partial charge in [0.05, 0.1) is 5.69 Å². The van der Waals surface area contributed by atoms with E-state index in [2.05, 4.69) is 4.98 Å². The summed E-state index contributed by atoms with van der Waals surface area (Å²) in [6, 6.07) is 19.0. The van der Waals surface area contributed by atoms with Gasteiger partial charge in [-0.2, -0.15) is 0 Å². The van der Waals surface area contributed by atoms with Gasteiger partial charge < -0.3 is 5.11 Å². The number of hydrogen-bond donors (Lipinski definition) is 1. The lowest BCUT2D eigenvalue weighted by molar-refractivity contribution is -0.137. The molecule has 98 valence electrons. The van der Waals surface area contributed by atoms with E-state index in [1.165, 1.54) is 0 Å². The third-order valence-corrected chi connectivity index (χ3v) is 3.34. The number of carboxylic acids is 1. The molecule has 0 saturated heterocycles. The average molecular weight is 263 g/mol. The summed E-state index contributed by atoms with van der Waals surface area (Å²) in [4.78, 5) is 15.8. The van der Waals surface area contributed by atoms with Crippen molar-refractivity contribution in [2.75, 3.05) is 0 Å². The van der Waals surface area contributed by atoms with Crippen LogP contribution < -0.4 is 0 Å². The Morgan fingerprint density at radius 3 is 2.40 bits per heavy atom. The number of aromatic nitrogens is 1. The molecule has 0 fully saturated rings. The van der Waals surface area contributed by atoms with Crippen molar-refractivity contribution in [1.29, 1.82) is 0 Å². The Morgan fingerprint density at radius 2 is 1.70 bits per heavy atom. The first-order valence-electron chi connectivity index (χ1n) is 6.38. The Hall–Kier alpha value is -2.68. The van der Waals surface area contributed by atoms with Crippen molar-refractivity contribution in [3.63, 3.8) is 0 Å². The number of carboxylic acid groups (broad SMARTS) is 1. The highest BCUT2D eigenvalue weighted by molar-refractivity contribution is 5.86. The number of rotatable bonds is 3. The number of carbonyl (C=O) groups is 1. The van der Waals surface area contributed by atoms with E-state index in [1.807, 2.05) is 42.5 Å². The Labute approximate surface area is 116 Å². The highest BCUT2D eigenvalue weighted by Gasteiger charge is 2.23. The molecule has 1 heterocycles. The zero-order valence-corrected chi connectivity index (χ0v) is 10.7. The van der Waals surface area contributed by atoms with Crippen molar-refractivity contribution < 1.29 is 9.90 Å². The van der Waals surface area contributed by atoms with E-state index in [4.69, 9.17) is 0 Å². The van der Waals surface area contributed by atoms with Gasteiger partial charge in [-0.3, -0.25) is 9.78 Å². The summed E-state index contributed by atoms with van der Waals surface area (Å²) >= 11 is 0. The van der Waals surface area contributed by atoms with Crippen molar-refractivity contribution in [3.05, 3.63) is 78.1 Å². The number of benzene rings is 2. The molecule has 0 radical (unpaired) electrons. The Balaban J connectivity index is 2.13. The molecule has 3 heteroatoms. The minimum Gasteiger partial charge on any atom is -0.480 e. The van der Waals surface area contributed by atoms with Gasteiger partial charge in [0.1, 0.15) is 5.92 Å². The molecule has 0 bridgehead atoms. The molecule has 0 amide bonds. The Bertz CT molecular complexity index is 753. The summed E-state index contributed by atoms with van der Waals surface area (Å²) in [7, 11) is 0. The minimum atomic E-state index is -0.890. The molecule has 0 aliphatic heterocycles. The van der Waals surface area contributed by atoms with Crippen LogP contribution in [0.4, 0.5) is 0 Å². The third-order valence-electron chi connectivity index (χ3n) is 3.34.